The third-order valence-corrected chi connectivity index (χ3v) is 5.41. The molecule has 0 aliphatic carbocycles. The van der Waals surface area contributed by atoms with Crippen LogP contribution in [0, 0.1) is 5.82 Å². The van der Waals surface area contributed by atoms with E-state index in [-0.39, 0.29) is 5.56 Å². The van der Waals surface area contributed by atoms with Crippen molar-refractivity contribution in [1.82, 2.24) is 14.3 Å². The summed E-state index contributed by atoms with van der Waals surface area (Å²) in [5.74, 6) is -1.69. The van der Waals surface area contributed by atoms with Crippen molar-refractivity contribution in [2.75, 3.05) is 0 Å². The zero-order valence-electron chi connectivity index (χ0n) is 16.2. The van der Waals surface area contributed by atoms with Gasteiger partial charge in [-0.3, -0.25) is 4.68 Å². The molecule has 5 aromatic rings. The van der Waals surface area contributed by atoms with E-state index in [1.807, 2.05) is 34.8 Å². The van der Waals surface area contributed by atoms with Crippen molar-refractivity contribution in [3.63, 3.8) is 0 Å². The number of aromatic carboxylic acids is 1. The first-order valence-corrected chi connectivity index (χ1v) is 9.52. The number of benzene rings is 3. The van der Waals surface area contributed by atoms with Crippen LogP contribution in [0.1, 0.15) is 15.9 Å². The first-order chi connectivity index (χ1) is 14.5. The topological polar surface area (TPSA) is 60.0 Å². The number of nitrogens with zero attached hydrogens (tertiary/aromatic N) is 3. The fraction of sp³-hybridized carbons (Fsp3) is 0.0833. The fourth-order valence-corrected chi connectivity index (χ4v) is 3.89. The summed E-state index contributed by atoms with van der Waals surface area (Å²) in [7, 11) is 1.92. The second-order valence-corrected chi connectivity index (χ2v) is 7.41. The number of hydrogen-bond donors (Lipinski definition) is 1. The molecule has 3 aromatic carbocycles. The zero-order valence-corrected chi connectivity index (χ0v) is 16.2. The van der Waals surface area contributed by atoms with Crippen LogP contribution in [0.25, 0.3) is 32.9 Å². The largest absolute Gasteiger partial charge is 0.478 e. The van der Waals surface area contributed by atoms with E-state index >= 15 is 0 Å². The van der Waals surface area contributed by atoms with Crippen LogP contribution < -0.4 is 0 Å². The second kappa shape index (κ2) is 6.84. The van der Waals surface area contributed by atoms with Gasteiger partial charge in [0.2, 0.25) is 0 Å². The minimum Gasteiger partial charge on any atom is -0.478 e. The molecule has 6 heteroatoms. The molecule has 5 rings (SSSR count). The van der Waals surface area contributed by atoms with Crippen LogP contribution in [0.15, 0.2) is 73.1 Å². The molecule has 0 aliphatic heterocycles. The monoisotopic (exact) mass is 399 g/mol. The highest BCUT2D eigenvalue weighted by molar-refractivity contribution is 5.89. The second-order valence-electron chi connectivity index (χ2n) is 7.41. The number of aryl methyl sites for hydroxylation is 1. The van der Waals surface area contributed by atoms with Gasteiger partial charge in [-0.15, -0.1) is 0 Å². The molecule has 0 radical (unpaired) electrons. The van der Waals surface area contributed by atoms with Gasteiger partial charge in [-0.05, 0) is 58.5 Å². The van der Waals surface area contributed by atoms with E-state index < -0.39 is 11.8 Å². The Morgan fingerprint density at radius 1 is 0.967 bits per heavy atom. The van der Waals surface area contributed by atoms with Crippen molar-refractivity contribution in [3.05, 3.63) is 90.0 Å². The van der Waals surface area contributed by atoms with E-state index in [1.54, 1.807) is 0 Å². The summed E-state index contributed by atoms with van der Waals surface area (Å²) in [4.78, 5) is 11.2. The number of halogens is 1. The fourth-order valence-electron chi connectivity index (χ4n) is 3.89. The number of hydrogen-bond acceptors (Lipinski definition) is 2. The predicted octanol–water partition coefficient (Wildman–Crippen LogP) is 5.08. The normalized spacial score (nSPS) is 11.4. The lowest BCUT2D eigenvalue weighted by Crippen LogP contribution is -2.03. The maximum absolute atomic E-state index is 13.9. The standard InChI is InChI=1S/C24H18FN3O2/c1-27-22-11-17(4-5-19(22)13-26-27)18-3-2-16-6-7-28(23(16)12-18)14-15-8-20(24(29)30)10-21(25)9-15/h2-13H,14H2,1H3,(H,29,30). The summed E-state index contributed by atoms with van der Waals surface area (Å²) in [5, 5.41) is 15.6. The molecule has 0 amide bonds. The van der Waals surface area contributed by atoms with Gasteiger partial charge in [0.15, 0.2) is 0 Å². The van der Waals surface area contributed by atoms with E-state index in [9.17, 15) is 14.3 Å². The van der Waals surface area contributed by atoms with Crippen molar-refractivity contribution in [1.29, 1.82) is 0 Å². The van der Waals surface area contributed by atoms with Gasteiger partial charge in [-0.1, -0.05) is 24.3 Å². The Hall–Kier alpha value is -3.93. The number of carbonyl (C=O) groups is 1. The third kappa shape index (κ3) is 3.12. The van der Waals surface area contributed by atoms with Gasteiger partial charge in [-0.25, -0.2) is 9.18 Å². The van der Waals surface area contributed by atoms with Crippen molar-refractivity contribution in [3.8, 4) is 11.1 Å². The van der Waals surface area contributed by atoms with Crippen LogP contribution in [0.5, 0.6) is 0 Å². The van der Waals surface area contributed by atoms with Gasteiger partial charge in [0.25, 0.3) is 0 Å². The maximum Gasteiger partial charge on any atom is 0.335 e. The van der Waals surface area contributed by atoms with Crippen molar-refractivity contribution >= 4 is 27.8 Å². The Kier molecular flexibility index (Phi) is 4.13. The van der Waals surface area contributed by atoms with Crippen molar-refractivity contribution < 1.29 is 14.3 Å². The van der Waals surface area contributed by atoms with Crippen molar-refractivity contribution in [2.24, 2.45) is 7.05 Å². The molecular weight excluding hydrogens is 381 g/mol. The maximum atomic E-state index is 13.9. The molecule has 2 aromatic heterocycles. The molecule has 0 spiro atoms. The number of carboxylic acids is 1. The first kappa shape index (κ1) is 18.1. The van der Waals surface area contributed by atoms with Crippen LogP contribution >= 0.6 is 0 Å². The third-order valence-electron chi connectivity index (χ3n) is 5.41. The van der Waals surface area contributed by atoms with Crippen LogP contribution in [-0.2, 0) is 13.6 Å². The average molecular weight is 399 g/mol. The average Bonchev–Trinajstić information content (AvgIpc) is 3.30. The molecule has 148 valence electrons. The summed E-state index contributed by atoms with van der Waals surface area (Å²) in [6.07, 6.45) is 3.78. The molecule has 5 nitrogen and oxygen atoms in total. The van der Waals surface area contributed by atoms with Gasteiger partial charge in [0.1, 0.15) is 5.82 Å². The van der Waals surface area contributed by atoms with Crippen LogP contribution in [0.3, 0.4) is 0 Å². The molecule has 0 saturated heterocycles. The van der Waals surface area contributed by atoms with Crippen LogP contribution in [-0.4, -0.2) is 25.4 Å². The lowest BCUT2D eigenvalue weighted by molar-refractivity contribution is 0.0696. The van der Waals surface area contributed by atoms with Gasteiger partial charge >= 0.3 is 5.97 Å². The molecule has 30 heavy (non-hydrogen) atoms. The zero-order chi connectivity index (χ0) is 20.8. The number of rotatable bonds is 4. The lowest BCUT2D eigenvalue weighted by atomic mass is 10.0. The Morgan fingerprint density at radius 2 is 1.70 bits per heavy atom. The summed E-state index contributed by atoms with van der Waals surface area (Å²) in [6.45, 7) is 0.381. The number of fused-ring (bicyclic) bond motifs is 2. The van der Waals surface area contributed by atoms with Gasteiger partial charge in [0, 0.05) is 30.7 Å². The molecule has 0 unspecified atom stereocenters. The van der Waals surface area contributed by atoms with Gasteiger partial charge < -0.3 is 9.67 Å². The molecule has 1 N–H and O–H groups in total. The molecular formula is C24H18FN3O2. The minimum absolute atomic E-state index is 0.0494. The highest BCUT2D eigenvalue weighted by atomic mass is 19.1. The SMILES string of the molecule is Cn1ncc2ccc(-c3ccc4ccn(Cc5cc(F)cc(C(=O)O)c5)c4c3)cc21. The van der Waals surface area contributed by atoms with Crippen LogP contribution in [0.2, 0.25) is 0 Å². The van der Waals surface area contributed by atoms with E-state index in [2.05, 4.69) is 41.5 Å². The quantitative estimate of drug-likeness (QED) is 0.458. The van der Waals surface area contributed by atoms with E-state index in [0.29, 0.717) is 12.1 Å². The molecule has 0 atom stereocenters. The van der Waals surface area contributed by atoms with E-state index in [4.69, 9.17) is 0 Å². The highest BCUT2D eigenvalue weighted by Gasteiger charge is 2.10. The van der Waals surface area contributed by atoms with E-state index in [1.165, 1.54) is 12.1 Å². The molecule has 0 saturated carbocycles. The number of carboxylic acid groups (broad SMARTS) is 1. The Labute approximate surface area is 171 Å². The summed E-state index contributed by atoms with van der Waals surface area (Å²) in [6, 6.07) is 18.4. The minimum atomic E-state index is -1.14. The molecule has 0 fully saturated rings. The smallest absolute Gasteiger partial charge is 0.335 e. The van der Waals surface area contributed by atoms with E-state index in [0.717, 1.165) is 39.0 Å². The summed E-state index contributed by atoms with van der Waals surface area (Å²) >= 11 is 0. The van der Waals surface area contributed by atoms with Crippen LogP contribution in [0.4, 0.5) is 4.39 Å². The number of aromatic nitrogens is 3. The van der Waals surface area contributed by atoms with Gasteiger partial charge in [0.05, 0.1) is 17.3 Å². The summed E-state index contributed by atoms with van der Waals surface area (Å²) in [5.41, 5.74) is 4.76. The lowest BCUT2D eigenvalue weighted by Gasteiger charge is -2.09. The Morgan fingerprint density at radius 3 is 2.47 bits per heavy atom. The Balaban J connectivity index is 1.56. The van der Waals surface area contributed by atoms with Gasteiger partial charge in [-0.2, -0.15) is 5.10 Å². The summed E-state index contributed by atoms with van der Waals surface area (Å²) < 4.78 is 17.7. The molecule has 0 aliphatic rings. The predicted molar refractivity (Wildman–Crippen MR) is 114 cm³/mol. The van der Waals surface area contributed by atoms with Crippen molar-refractivity contribution in [2.45, 2.75) is 6.54 Å². The highest BCUT2D eigenvalue weighted by Crippen LogP contribution is 2.28. The Bertz CT molecular complexity index is 1430. The first-order valence-electron chi connectivity index (χ1n) is 9.52. The molecule has 0 bridgehead atoms. The molecule has 2 heterocycles.